The Kier molecular flexibility index (Phi) is 5.21. The number of aryl methyl sites for hydroxylation is 1. The van der Waals surface area contributed by atoms with Gasteiger partial charge in [-0.2, -0.15) is 0 Å². The van der Waals surface area contributed by atoms with Crippen LogP contribution in [-0.2, 0) is 19.3 Å². The molecule has 1 aliphatic carbocycles. The highest BCUT2D eigenvalue weighted by atomic mass is 32.2. The first-order valence-electron chi connectivity index (χ1n) is 7.78. The fourth-order valence-electron chi connectivity index (χ4n) is 2.89. The molecule has 1 N–H and O–H groups in total. The van der Waals surface area contributed by atoms with Gasteiger partial charge >= 0.3 is 0 Å². The molecular weight excluding hydrogens is 310 g/mol. The average molecular weight is 332 g/mol. The molecule has 0 radical (unpaired) electrons. The molecule has 0 unspecified atom stereocenters. The molecule has 1 amide bonds. The molecule has 1 aromatic heterocycles. The van der Waals surface area contributed by atoms with Crippen molar-refractivity contribution < 1.29 is 4.79 Å². The van der Waals surface area contributed by atoms with Crippen molar-refractivity contribution in [2.45, 2.75) is 37.0 Å². The second-order valence-corrected chi connectivity index (χ2v) is 7.46. The first-order chi connectivity index (χ1) is 10.8. The number of thioether (sulfide) groups is 1. The van der Waals surface area contributed by atoms with Gasteiger partial charge in [-0.15, -0.1) is 23.1 Å². The third-order valence-electron chi connectivity index (χ3n) is 4.16. The summed E-state index contributed by atoms with van der Waals surface area (Å²) in [5.41, 5.74) is 3.49. The zero-order valence-electron chi connectivity index (χ0n) is 12.9. The summed E-state index contributed by atoms with van der Waals surface area (Å²) in [6.45, 7) is 0.696. The molecular formula is C18H21NOS2. The zero-order valence-corrected chi connectivity index (χ0v) is 14.5. The van der Waals surface area contributed by atoms with Gasteiger partial charge in [0.2, 0.25) is 0 Å². The first-order valence-corrected chi connectivity index (χ1v) is 9.88. The van der Waals surface area contributed by atoms with E-state index in [2.05, 4.69) is 35.8 Å². The van der Waals surface area contributed by atoms with Gasteiger partial charge in [0, 0.05) is 21.7 Å². The minimum atomic E-state index is 0.0973. The van der Waals surface area contributed by atoms with Crippen molar-refractivity contribution in [3.8, 4) is 0 Å². The lowest BCUT2D eigenvalue weighted by Gasteiger charge is -2.12. The summed E-state index contributed by atoms with van der Waals surface area (Å²) >= 11 is 3.50. The number of carbonyl (C=O) groups is 1. The minimum Gasteiger partial charge on any atom is -0.352 e. The molecule has 0 saturated heterocycles. The molecule has 0 aliphatic heterocycles. The predicted octanol–water partition coefficient (Wildman–Crippen LogP) is 4.32. The number of fused-ring (bicyclic) bond motifs is 1. The van der Waals surface area contributed by atoms with Crippen molar-refractivity contribution in [3.63, 3.8) is 0 Å². The molecule has 116 valence electrons. The number of rotatable bonds is 5. The summed E-state index contributed by atoms with van der Waals surface area (Å²) in [5, 5.41) is 5.12. The summed E-state index contributed by atoms with van der Waals surface area (Å²) in [4.78, 5) is 15.1. The van der Waals surface area contributed by atoms with Crippen LogP contribution in [0.15, 0.2) is 34.5 Å². The normalized spacial score (nSPS) is 13.7. The van der Waals surface area contributed by atoms with Gasteiger partial charge in [0.1, 0.15) is 0 Å². The van der Waals surface area contributed by atoms with Crippen LogP contribution in [0.3, 0.4) is 0 Å². The van der Waals surface area contributed by atoms with Crippen LogP contribution in [0.5, 0.6) is 0 Å². The standard InChI is InChI=1S/C18H21NOS2/c1-21-14-8-6-13(7-9-14)10-11-19-18(20)16-12-22-17-5-3-2-4-15(16)17/h6-9,12H,2-5,10-11H2,1H3,(H,19,20). The molecule has 0 fully saturated rings. The van der Waals surface area contributed by atoms with E-state index < -0.39 is 0 Å². The van der Waals surface area contributed by atoms with Gasteiger partial charge in [-0.25, -0.2) is 0 Å². The van der Waals surface area contributed by atoms with E-state index >= 15 is 0 Å². The Hall–Kier alpha value is -1.26. The van der Waals surface area contributed by atoms with Crippen LogP contribution in [0, 0.1) is 0 Å². The Labute approximate surface area is 140 Å². The number of hydrogen-bond donors (Lipinski definition) is 1. The van der Waals surface area contributed by atoms with Crippen molar-refractivity contribution >= 4 is 29.0 Å². The largest absolute Gasteiger partial charge is 0.352 e. The second-order valence-electron chi connectivity index (χ2n) is 5.61. The SMILES string of the molecule is CSc1ccc(CCNC(=O)c2csc3c2CCCC3)cc1. The van der Waals surface area contributed by atoms with Crippen molar-refractivity contribution in [3.05, 3.63) is 51.2 Å². The maximum Gasteiger partial charge on any atom is 0.252 e. The Morgan fingerprint density at radius 3 is 2.77 bits per heavy atom. The summed E-state index contributed by atoms with van der Waals surface area (Å²) in [6, 6.07) is 8.56. The molecule has 0 atom stereocenters. The Morgan fingerprint density at radius 2 is 2.00 bits per heavy atom. The van der Waals surface area contributed by atoms with E-state index in [-0.39, 0.29) is 5.91 Å². The highest BCUT2D eigenvalue weighted by Gasteiger charge is 2.19. The van der Waals surface area contributed by atoms with Crippen LogP contribution in [0.25, 0.3) is 0 Å². The van der Waals surface area contributed by atoms with Gasteiger partial charge in [-0.05, 0) is 61.6 Å². The molecule has 1 heterocycles. The molecule has 22 heavy (non-hydrogen) atoms. The topological polar surface area (TPSA) is 29.1 Å². The quantitative estimate of drug-likeness (QED) is 0.827. The van der Waals surface area contributed by atoms with Crippen LogP contribution in [0.2, 0.25) is 0 Å². The number of amides is 1. The highest BCUT2D eigenvalue weighted by molar-refractivity contribution is 7.98. The van der Waals surface area contributed by atoms with Crippen LogP contribution >= 0.6 is 23.1 Å². The van der Waals surface area contributed by atoms with Crippen molar-refractivity contribution in [2.75, 3.05) is 12.8 Å². The maximum absolute atomic E-state index is 12.4. The number of nitrogens with one attached hydrogen (secondary N) is 1. The lowest BCUT2D eigenvalue weighted by molar-refractivity contribution is 0.0953. The monoisotopic (exact) mass is 331 g/mol. The van der Waals surface area contributed by atoms with E-state index in [1.165, 1.54) is 33.7 Å². The summed E-state index contributed by atoms with van der Waals surface area (Å²) in [5.74, 6) is 0.0973. The predicted molar refractivity (Wildman–Crippen MR) is 95.2 cm³/mol. The average Bonchev–Trinajstić information content (AvgIpc) is 2.99. The first kappa shape index (κ1) is 15.6. The molecule has 2 nitrogen and oxygen atoms in total. The van der Waals surface area contributed by atoms with E-state index in [1.807, 2.05) is 5.38 Å². The molecule has 3 rings (SSSR count). The van der Waals surface area contributed by atoms with Crippen molar-refractivity contribution in [1.82, 2.24) is 5.32 Å². The molecule has 1 aromatic carbocycles. The molecule has 4 heteroatoms. The van der Waals surface area contributed by atoms with Gasteiger partial charge in [0.05, 0.1) is 5.56 Å². The van der Waals surface area contributed by atoms with Gasteiger partial charge in [-0.3, -0.25) is 4.79 Å². The molecule has 0 spiro atoms. The summed E-state index contributed by atoms with van der Waals surface area (Å²) < 4.78 is 0. The number of benzene rings is 1. The lowest BCUT2D eigenvalue weighted by atomic mass is 9.95. The highest BCUT2D eigenvalue weighted by Crippen LogP contribution is 2.30. The Morgan fingerprint density at radius 1 is 1.23 bits per heavy atom. The second kappa shape index (κ2) is 7.34. The molecule has 2 aromatic rings. The third-order valence-corrected chi connectivity index (χ3v) is 6.00. The fourth-order valence-corrected chi connectivity index (χ4v) is 4.43. The fraction of sp³-hybridized carbons (Fsp3) is 0.389. The van der Waals surface area contributed by atoms with E-state index in [0.717, 1.165) is 24.8 Å². The van der Waals surface area contributed by atoms with Gasteiger partial charge < -0.3 is 5.32 Å². The van der Waals surface area contributed by atoms with Crippen LogP contribution < -0.4 is 5.32 Å². The smallest absolute Gasteiger partial charge is 0.252 e. The minimum absolute atomic E-state index is 0.0973. The van der Waals surface area contributed by atoms with Crippen LogP contribution in [0.1, 0.15) is 39.2 Å². The Balaban J connectivity index is 1.55. The third kappa shape index (κ3) is 3.55. The van der Waals surface area contributed by atoms with Crippen molar-refractivity contribution in [2.24, 2.45) is 0 Å². The molecule has 1 aliphatic rings. The Bertz CT molecular complexity index is 646. The number of hydrogen-bond acceptors (Lipinski definition) is 3. The molecule has 0 bridgehead atoms. The van der Waals surface area contributed by atoms with E-state index in [1.54, 1.807) is 23.1 Å². The lowest BCUT2D eigenvalue weighted by Crippen LogP contribution is -2.26. The van der Waals surface area contributed by atoms with E-state index in [4.69, 9.17) is 0 Å². The van der Waals surface area contributed by atoms with E-state index in [0.29, 0.717) is 6.54 Å². The number of thiophene rings is 1. The van der Waals surface area contributed by atoms with Crippen molar-refractivity contribution in [1.29, 1.82) is 0 Å². The van der Waals surface area contributed by atoms with E-state index in [9.17, 15) is 4.79 Å². The maximum atomic E-state index is 12.4. The van der Waals surface area contributed by atoms with Gasteiger partial charge in [-0.1, -0.05) is 12.1 Å². The summed E-state index contributed by atoms with van der Waals surface area (Å²) in [7, 11) is 0. The number of carbonyl (C=O) groups excluding carboxylic acids is 1. The van der Waals surface area contributed by atoms with Crippen LogP contribution in [0.4, 0.5) is 0 Å². The van der Waals surface area contributed by atoms with Gasteiger partial charge in [0.25, 0.3) is 5.91 Å². The zero-order chi connectivity index (χ0) is 15.4. The van der Waals surface area contributed by atoms with Crippen LogP contribution in [-0.4, -0.2) is 18.7 Å². The molecule has 0 saturated carbocycles. The van der Waals surface area contributed by atoms with Gasteiger partial charge in [0.15, 0.2) is 0 Å². The summed E-state index contributed by atoms with van der Waals surface area (Å²) in [6.07, 6.45) is 7.66.